The van der Waals surface area contributed by atoms with E-state index in [9.17, 15) is 10.2 Å². The number of aromatic hydroxyl groups is 2. The van der Waals surface area contributed by atoms with Gasteiger partial charge in [0.1, 0.15) is 10.6 Å². The zero-order valence-electron chi connectivity index (χ0n) is 17.1. The molecule has 2 heterocycles. The Morgan fingerprint density at radius 3 is 2.32 bits per heavy atom. The second kappa shape index (κ2) is 8.75. The fourth-order valence-corrected chi connectivity index (χ4v) is 4.40. The Labute approximate surface area is 189 Å². The molecule has 31 heavy (non-hydrogen) atoms. The Balaban J connectivity index is 1.63. The summed E-state index contributed by atoms with van der Waals surface area (Å²) >= 11 is 6.76. The van der Waals surface area contributed by atoms with Crippen molar-refractivity contribution in [3.8, 4) is 27.9 Å². The third kappa shape index (κ3) is 4.52. The maximum absolute atomic E-state index is 10.8. The number of anilines is 1. The molecule has 0 fully saturated rings. The molecule has 0 unspecified atom stereocenters. The van der Waals surface area contributed by atoms with Crippen LogP contribution in [0.3, 0.4) is 0 Å². The van der Waals surface area contributed by atoms with E-state index in [2.05, 4.69) is 34.1 Å². The summed E-state index contributed by atoms with van der Waals surface area (Å²) in [6, 6.07) is 20.5. The predicted octanol–water partition coefficient (Wildman–Crippen LogP) is 5.98. The molecule has 7 heteroatoms. The van der Waals surface area contributed by atoms with Gasteiger partial charge in [0.25, 0.3) is 0 Å². The van der Waals surface area contributed by atoms with E-state index in [4.69, 9.17) is 12.2 Å². The molecule has 0 aliphatic carbocycles. The summed E-state index contributed by atoms with van der Waals surface area (Å²) in [5.74, 6) is 0.191. The second-order valence-electron chi connectivity index (χ2n) is 7.14. The van der Waals surface area contributed by atoms with Crippen molar-refractivity contribution in [1.29, 1.82) is 0 Å². The third-order valence-electron chi connectivity index (χ3n) is 4.75. The number of thiazole rings is 1. The number of aromatic nitrogens is 2. The first kappa shape index (κ1) is 20.8. The van der Waals surface area contributed by atoms with E-state index < -0.39 is 0 Å². The minimum absolute atomic E-state index is 0.0357. The standard InChI is InChI=1S/C24H21N3O2S2/c1-26(2)18-10-7-16(8-11-18)6-9-17-4-3-5-21(25-17)22-23(29)27(24(30)31-22)19-12-14-20(28)15-13-19/h3-15,28-29H,1-2H3/b9-6+. The number of rotatable bonds is 5. The lowest BCUT2D eigenvalue weighted by Gasteiger charge is -2.11. The van der Waals surface area contributed by atoms with Gasteiger partial charge in [-0.1, -0.05) is 35.6 Å². The molecule has 4 rings (SSSR count). The maximum Gasteiger partial charge on any atom is 0.217 e. The van der Waals surface area contributed by atoms with Gasteiger partial charge in [0.15, 0.2) is 3.95 Å². The number of phenolic OH excluding ortho intramolecular Hbond substituents is 1. The van der Waals surface area contributed by atoms with Crippen molar-refractivity contribution in [3.05, 3.63) is 81.9 Å². The van der Waals surface area contributed by atoms with Crippen LogP contribution in [0.25, 0.3) is 28.4 Å². The lowest BCUT2D eigenvalue weighted by atomic mass is 10.1. The van der Waals surface area contributed by atoms with Crippen molar-refractivity contribution in [2.75, 3.05) is 19.0 Å². The van der Waals surface area contributed by atoms with Crippen LogP contribution in [0.1, 0.15) is 11.3 Å². The van der Waals surface area contributed by atoms with Crippen molar-refractivity contribution in [2.24, 2.45) is 0 Å². The zero-order chi connectivity index (χ0) is 22.0. The molecule has 2 N–H and O–H groups in total. The molecule has 4 aromatic rings. The van der Waals surface area contributed by atoms with E-state index in [1.54, 1.807) is 28.8 Å². The monoisotopic (exact) mass is 447 g/mol. The van der Waals surface area contributed by atoms with Crippen LogP contribution in [-0.4, -0.2) is 33.9 Å². The third-order valence-corrected chi connectivity index (χ3v) is 6.14. The average Bonchev–Trinajstić information content (AvgIpc) is 3.07. The van der Waals surface area contributed by atoms with Crippen LogP contribution in [0.2, 0.25) is 0 Å². The highest BCUT2D eigenvalue weighted by atomic mass is 32.1. The van der Waals surface area contributed by atoms with Gasteiger partial charge in [0.2, 0.25) is 5.88 Å². The fourth-order valence-electron chi connectivity index (χ4n) is 3.10. The van der Waals surface area contributed by atoms with Gasteiger partial charge in [-0.25, -0.2) is 4.98 Å². The van der Waals surface area contributed by atoms with Crippen LogP contribution in [-0.2, 0) is 0 Å². The molecule has 0 saturated heterocycles. The lowest BCUT2D eigenvalue weighted by molar-refractivity contribution is 0.443. The number of hydrogen-bond acceptors (Lipinski definition) is 6. The fraction of sp³-hybridized carbons (Fsp3) is 0.0833. The van der Waals surface area contributed by atoms with Gasteiger partial charge in [-0.15, -0.1) is 0 Å². The average molecular weight is 448 g/mol. The van der Waals surface area contributed by atoms with Gasteiger partial charge in [0, 0.05) is 19.8 Å². The summed E-state index contributed by atoms with van der Waals surface area (Å²) < 4.78 is 2.08. The van der Waals surface area contributed by atoms with E-state index in [1.165, 1.54) is 11.3 Å². The smallest absolute Gasteiger partial charge is 0.217 e. The molecular weight excluding hydrogens is 426 g/mol. The van der Waals surface area contributed by atoms with Crippen LogP contribution >= 0.6 is 23.6 Å². The molecule has 0 amide bonds. The normalized spacial score (nSPS) is 11.2. The Kier molecular flexibility index (Phi) is 5.88. The molecule has 0 aliphatic heterocycles. The van der Waals surface area contributed by atoms with E-state index in [0.717, 1.165) is 16.9 Å². The molecule has 0 atom stereocenters. The Hall–Kier alpha value is -3.42. The maximum atomic E-state index is 10.8. The summed E-state index contributed by atoms with van der Waals surface area (Å²) in [6.45, 7) is 0. The summed E-state index contributed by atoms with van der Waals surface area (Å²) in [5, 5.41) is 20.4. The van der Waals surface area contributed by atoms with Gasteiger partial charge >= 0.3 is 0 Å². The number of benzene rings is 2. The molecule has 2 aromatic heterocycles. The van der Waals surface area contributed by atoms with Crippen LogP contribution in [0.5, 0.6) is 11.6 Å². The molecule has 0 bridgehead atoms. The topological polar surface area (TPSA) is 61.5 Å². The van der Waals surface area contributed by atoms with E-state index in [1.807, 2.05) is 44.4 Å². The largest absolute Gasteiger partial charge is 0.508 e. The molecule has 156 valence electrons. The SMILES string of the molecule is CN(C)c1ccc(/C=C/c2cccc(-c3sc(=S)n(-c4ccc(O)cc4)c3O)n2)cc1. The molecule has 5 nitrogen and oxygen atoms in total. The van der Waals surface area contributed by atoms with Crippen LogP contribution in [0.15, 0.2) is 66.7 Å². The summed E-state index contributed by atoms with van der Waals surface area (Å²) in [7, 11) is 4.03. The van der Waals surface area contributed by atoms with Gasteiger partial charge in [-0.3, -0.25) is 4.57 Å². The van der Waals surface area contributed by atoms with Crippen molar-refractivity contribution < 1.29 is 10.2 Å². The minimum atomic E-state index is 0.0357. The second-order valence-corrected chi connectivity index (χ2v) is 8.78. The highest BCUT2D eigenvalue weighted by molar-refractivity contribution is 7.73. The van der Waals surface area contributed by atoms with Gasteiger partial charge in [-0.05, 0) is 72.4 Å². The summed E-state index contributed by atoms with van der Waals surface area (Å²) in [5.41, 5.74) is 4.34. The molecule has 2 aromatic carbocycles. The highest BCUT2D eigenvalue weighted by Crippen LogP contribution is 2.37. The van der Waals surface area contributed by atoms with Gasteiger partial charge in [-0.2, -0.15) is 0 Å². The van der Waals surface area contributed by atoms with Crippen LogP contribution < -0.4 is 4.90 Å². The first-order valence-corrected chi connectivity index (χ1v) is 10.8. The molecule has 0 radical (unpaired) electrons. The highest BCUT2D eigenvalue weighted by Gasteiger charge is 2.16. The molecule has 0 spiro atoms. The van der Waals surface area contributed by atoms with E-state index in [0.29, 0.717) is 20.2 Å². The molecule has 0 saturated carbocycles. The van der Waals surface area contributed by atoms with Gasteiger partial charge < -0.3 is 15.1 Å². The van der Waals surface area contributed by atoms with Crippen molar-refractivity contribution in [2.45, 2.75) is 0 Å². The van der Waals surface area contributed by atoms with Crippen molar-refractivity contribution in [3.63, 3.8) is 0 Å². The van der Waals surface area contributed by atoms with E-state index >= 15 is 0 Å². The minimum Gasteiger partial charge on any atom is -0.508 e. The summed E-state index contributed by atoms with van der Waals surface area (Å²) in [6.07, 6.45) is 3.95. The summed E-state index contributed by atoms with van der Waals surface area (Å²) in [4.78, 5) is 7.34. The number of nitrogens with zero attached hydrogens (tertiary/aromatic N) is 3. The van der Waals surface area contributed by atoms with Crippen molar-refractivity contribution >= 4 is 41.4 Å². The predicted molar refractivity (Wildman–Crippen MR) is 131 cm³/mol. The Morgan fingerprint density at radius 1 is 0.935 bits per heavy atom. The van der Waals surface area contributed by atoms with Crippen molar-refractivity contribution in [1.82, 2.24) is 9.55 Å². The molecule has 0 aliphatic rings. The number of pyridine rings is 1. The van der Waals surface area contributed by atoms with Gasteiger partial charge in [0.05, 0.1) is 17.1 Å². The zero-order valence-corrected chi connectivity index (χ0v) is 18.7. The van der Waals surface area contributed by atoms with E-state index in [-0.39, 0.29) is 11.6 Å². The lowest BCUT2D eigenvalue weighted by Crippen LogP contribution is -2.07. The number of phenols is 1. The Morgan fingerprint density at radius 2 is 1.65 bits per heavy atom. The first-order chi connectivity index (χ1) is 14.9. The quantitative estimate of drug-likeness (QED) is 0.369. The Bertz CT molecular complexity index is 1290. The van der Waals surface area contributed by atoms with Crippen LogP contribution in [0.4, 0.5) is 5.69 Å². The first-order valence-electron chi connectivity index (χ1n) is 9.59. The molecular formula is C24H21N3O2S2. The number of hydrogen-bond donors (Lipinski definition) is 2. The van der Waals surface area contributed by atoms with Crippen LogP contribution in [0, 0.1) is 3.95 Å².